The van der Waals surface area contributed by atoms with Crippen LogP contribution in [0, 0.1) is 0 Å². The van der Waals surface area contributed by atoms with E-state index in [-0.39, 0.29) is 0 Å². The van der Waals surface area contributed by atoms with E-state index in [1.54, 1.807) is 6.21 Å². The third-order valence-corrected chi connectivity index (χ3v) is 2.52. The smallest absolute Gasteiger partial charge is 0.142 e. The van der Waals surface area contributed by atoms with Gasteiger partial charge in [-0.1, -0.05) is 72.4 Å². The molecule has 90 valence electrons. The largest absolute Gasteiger partial charge is 0.391 e. The van der Waals surface area contributed by atoms with Crippen molar-refractivity contribution >= 4 is 12.3 Å². The number of rotatable bonds is 5. The van der Waals surface area contributed by atoms with Gasteiger partial charge in [0.05, 0.1) is 6.21 Å². The van der Waals surface area contributed by atoms with E-state index in [1.807, 2.05) is 60.7 Å². The zero-order chi connectivity index (χ0) is 12.6. The third-order valence-electron chi connectivity index (χ3n) is 2.52. The first-order valence-corrected chi connectivity index (χ1v) is 5.80. The molecule has 0 saturated heterocycles. The summed E-state index contributed by atoms with van der Waals surface area (Å²) in [7, 11) is 0. The van der Waals surface area contributed by atoms with Crippen molar-refractivity contribution in [1.29, 1.82) is 0 Å². The Morgan fingerprint density at radius 1 is 0.944 bits per heavy atom. The molecule has 0 N–H and O–H groups in total. The van der Waals surface area contributed by atoms with Crippen molar-refractivity contribution in [1.82, 2.24) is 0 Å². The quantitative estimate of drug-likeness (QED) is 0.571. The molecule has 0 aromatic heterocycles. The molecule has 0 saturated carbocycles. The Kier molecular flexibility index (Phi) is 4.31. The highest BCUT2D eigenvalue weighted by atomic mass is 16.6. The van der Waals surface area contributed by atoms with Crippen LogP contribution in [0.5, 0.6) is 0 Å². The molecule has 0 fully saturated rings. The summed E-state index contributed by atoms with van der Waals surface area (Å²) in [5.74, 6) is 0. The van der Waals surface area contributed by atoms with E-state index < -0.39 is 0 Å². The van der Waals surface area contributed by atoms with Crippen molar-refractivity contribution < 1.29 is 4.84 Å². The number of nitrogens with zero attached hydrogens (tertiary/aromatic N) is 1. The average molecular weight is 237 g/mol. The minimum atomic E-state index is 0.473. The van der Waals surface area contributed by atoms with Gasteiger partial charge in [0.1, 0.15) is 6.61 Å². The Balaban J connectivity index is 1.84. The maximum atomic E-state index is 5.24. The molecule has 0 radical (unpaired) electrons. The zero-order valence-electron chi connectivity index (χ0n) is 10.1. The van der Waals surface area contributed by atoms with Gasteiger partial charge in [0.2, 0.25) is 0 Å². The number of hydrogen-bond acceptors (Lipinski definition) is 2. The highest BCUT2D eigenvalue weighted by Gasteiger charge is 1.92. The standard InChI is InChI=1S/C16H15NO/c1-2-14-8-10-16(11-9-14)13-18-17-12-15-6-4-3-5-7-15/h2-12H,1,13H2. The molecule has 0 heterocycles. The van der Waals surface area contributed by atoms with Crippen LogP contribution in [-0.2, 0) is 11.4 Å². The molecular weight excluding hydrogens is 222 g/mol. The molecule has 2 rings (SSSR count). The first-order valence-electron chi connectivity index (χ1n) is 5.80. The van der Waals surface area contributed by atoms with Crippen LogP contribution in [0.15, 0.2) is 66.3 Å². The Labute approximate surface area is 107 Å². The van der Waals surface area contributed by atoms with E-state index in [4.69, 9.17) is 4.84 Å². The van der Waals surface area contributed by atoms with Crippen LogP contribution >= 0.6 is 0 Å². The van der Waals surface area contributed by atoms with Crippen LogP contribution in [0.25, 0.3) is 6.08 Å². The second-order valence-corrected chi connectivity index (χ2v) is 3.86. The molecule has 0 atom stereocenters. The highest BCUT2D eigenvalue weighted by molar-refractivity contribution is 5.78. The first kappa shape index (κ1) is 12.1. The van der Waals surface area contributed by atoms with Crippen molar-refractivity contribution in [2.75, 3.05) is 0 Å². The number of oxime groups is 1. The van der Waals surface area contributed by atoms with Crippen LogP contribution < -0.4 is 0 Å². The summed E-state index contributed by atoms with van der Waals surface area (Å²) in [5, 5.41) is 3.93. The van der Waals surface area contributed by atoms with E-state index >= 15 is 0 Å². The zero-order valence-corrected chi connectivity index (χ0v) is 10.1. The number of benzene rings is 2. The Morgan fingerprint density at radius 3 is 2.33 bits per heavy atom. The van der Waals surface area contributed by atoms with Crippen LogP contribution in [0.2, 0.25) is 0 Å². The summed E-state index contributed by atoms with van der Waals surface area (Å²) in [5.41, 5.74) is 3.22. The lowest BCUT2D eigenvalue weighted by Crippen LogP contribution is -1.88. The maximum absolute atomic E-state index is 5.24. The van der Waals surface area contributed by atoms with E-state index in [0.29, 0.717) is 6.61 Å². The van der Waals surface area contributed by atoms with Crippen LogP contribution in [-0.4, -0.2) is 6.21 Å². The Morgan fingerprint density at radius 2 is 1.67 bits per heavy atom. The summed E-state index contributed by atoms with van der Waals surface area (Å²) in [6.45, 7) is 4.19. The summed E-state index contributed by atoms with van der Waals surface area (Å²) < 4.78 is 0. The van der Waals surface area contributed by atoms with Crippen LogP contribution in [0.1, 0.15) is 16.7 Å². The van der Waals surface area contributed by atoms with Gasteiger partial charge in [-0.15, -0.1) is 0 Å². The van der Waals surface area contributed by atoms with Gasteiger partial charge in [-0.25, -0.2) is 0 Å². The maximum Gasteiger partial charge on any atom is 0.142 e. The molecule has 0 unspecified atom stereocenters. The normalized spacial score (nSPS) is 10.4. The second kappa shape index (κ2) is 6.40. The predicted octanol–water partition coefficient (Wildman–Crippen LogP) is 3.88. The van der Waals surface area contributed by atoms with Crippen molar-refractivity contribution in [3.63, 3.8) is 0 Å². The van der Waals surface area contributed by atoms with Gasteiger partial charge >= 0.3 is 0 Å². The molecule has 0 amide bonds. The summed E-state index contributed by atoms with van der Waals surface area (Å²) in [6, 6.07) is 17.9. The highest BCUT2D eigenvalue weighted by Crippen LogP contribution is 2.06. The monoisotopic (exact) mass is 237 g/mol. The van der Waals surface area contributed by atoms with Gasteiger partial charge in [0.25, 0.3) is 0 Å². The summed E-state index contributed by atoms with van der Waals surface area (Å²) in [4.78, 5) is 5.24. The Bertz CT molecular complexity index is 515. The lowest BCUT2D eigenvalue weighted by atomic mass is 10.1. The topological polar surface area (TPSA) is 21.6 Å². The van der Waals surface area contributed by atoms with E-state index in [2.05, 4.69) is 11.7 Å². The molecule has 2 heteroatoms. The average Bonchev–Trinajstić information content (AvgIpc) is 2.45. The van der Waals surface area contributed by atoms with Crippen molar-refractivity contribution in [3.05, 3.63) is 77.9 Å². The summed E-state index contributed by atoms with van der Waals surface area (Å²) in [6.07, 6.45) is 3.52. The fourth-order valence-electron chi connectivity index (χ4n) is 1.50. The van der Waals surface area contributed by atoms with Gasteiger partial charge < -0.3 is 4.84 Å². The number of hydrogen-bond donors (Lipinski definition) is 0. The molecule has 2 aromatic carbocycles. The first-order chi connectivity index (χ1) is 8.88. The minimum absolute atomic E-state index is 0.473. The second-order valence-electron chi connectivity index (χ2n) is 3.86. The SMILES string of the molecule is C=Cc1ccc(CON=Cc2ccccc2)cc1. The Hall–Kier alpha value is -2.35. The molecule has 0 spiro atoms. The molecule has 18 heavy (non-hydrogen) atoms. The fraction of sp³-hybridized carbons (Fsp3) is 0.0625. The van der Waals surface area contributed by atoms with Crippen LogP contribution in [0.4, 0.5) is 0 Å². The third kappa shape index (κ3) is 3.59. The fourth-order valence-corrected chi connectivity index (χ4v) is 1.50. The predicted molar refractivity (Wildman–Crippen MR) is 75.4 cm³/mol. The van der Waals surface area contributed by atoms with Crippen molar-refractivity contribution in [2.45, 2.75) is 6.61 Å². The molecule has 0 bridgehead atoms. The molecule has 2 aromatic rings. The van der Waals surface area contributed by atoms with E-state index in [9.17, 15) is 0 Å². The van der Waals surface area contributed by atoms with Gasteiger partial charge in [0, 0.05) is 0 Å². The van der Waals surface area contributed by atoms with E-state index in [0.717, 1.165) is 16.7 Å². The van der Waals surface area contributed by atoms with Gasteiger partial charge in [0.15, 0.2) is 0 Å². The lowest BCUT2D eigenvalue weighted by molar-refractivity contribution is 0.132. The molecule has 0 aliphatic heterocycles. The summed E-state index contributed by atoms with van der Waals surface area (Å²) >= 11 is 0. The van der Waals surface area contributed by atoms with Gasteiger partial charge in [-0.3, -0.25) is 0 Å². The minimum Gasteiger partial charge on any atom is -0.391 e. The molecule has 0 aliphatic rings. The molecule has 2 nitrogen and oxygen atoms in total. The van der Waals surface area contributed by atoms with Gasteiger partial charge in [-0.05, 0) is 16.7 Å². The van der Waals surface area contributed by atoms with Crippen LogP contribution in [0.3, 0.4) is 0 Å². The van der Waals surface area contributed by atoms with Crippen molar-refractivity contribution in [2.24, 2.45) is 5.16 Å². The van der Waals surface area contributed by atoms with E-state index in [1.165, 1.54) is 0 Å². The van der Waals surface area contributed by atoms with Gasteiger partial charge in [-0.2, -0.15) is 0 Å². The van der Waals surface area contributed by atoms with Crippen molar-refractivity contribution in [3.8, 4) is 0 Å². The lowest BCUT2D eigenvalue weighted by Gasteiger charge is -2.00. The molecular formula is C16H15NO. The molecule has 0 aliphatic carbocycles.